The Kier molecular flexibility index (Phi) is 2.86. The fourth-order valence-corrected chi connectivity index (χ4v) is 1.96. The van der Waals surface area contributed by atoms with E-state index in [9.17, 15) is 13.2 Å². The molecule has 8 heteroatoms. The summed E-state index contributed by atoms with van der Waals surface area (Å²) in [6, 6.07) is 3.57. The van der Waals surface area contributed by atoms with E-state index in [2.05, 4.69) is 20.5 Å². The fraction of sp³-hybridized carbons (Fsp3) is 0.0833. The predicted octanol–water partition coefficient (Wildman–Crippen LogP) is 3.40. The largest absolute Gasteiger partial charge is 0.417 e. The molecule has 1 aliphatic rings. The fourth-order valence-electron chi connectivity index (χ4n) is 1.73. The molecule has 0 amide bonds. The second-order valence-electron chi connectivity index (χ2n) is 4.00. The van der Waals surface area contributed by atoms with Crippen LogP contribution in [0.5, 0.6) is 0 Å². The number of hydrogen-bond acceptors (Lipinski definition) is 3. The maximum Gasteiger partial charge on any atom is 0.417 e. The number of fused-ring (bicyclic) bond motifs is 1. The highest BCUT2D eigenvalue weighted by molar-refractivity contribution is 6.31. The van der Waals surface area contributed by atoms with E-state index in [1.807, 2.05) is 0 Å². The molecule has 0 aliphatic carbocycles. The zero-order chi connectivity index (χ0) is 14.3. The first kappa shape index (κ1) is 12.9. The summed E-state index contributed by atoms with van der Waals surface area (Å²) in [7, 11) is 0. The Bertz CT molecular complexity index is 712. The van der Waals surface area contributed by atoms with Crippen molar-refractivity contribution in [3.63, 3.8) is 0 Å². The molecule has 1 aromatic carbocycles. The monoisotopic (exact) mass is 297 g/mol. The van der Waals surface area contributed by atoms with Crippen molar-refractivity contribution < 1.29 is 13.2 Å². The third kappa shape index (κ3) is 2.20. The van der Waals surface area contributed by atoms with Crippen molar-refractivity contribution in [3.05, 3.63) is 40.7 Å². The van der Waals surface area contributed by atoms with Gasteiger partial charge in [-0.15, -0.1) is 5.43 Å². The topological polar surface area (TPSA) is 52.2 Å². The van der Waals surface area contributed by atoms with Gasteiger partial charge >= 0.3 is 6.18 Å². The van der Waals surface area contributed by atoms with Crippen molar-refractivity contribution in [1.82, 2.24) is 15.4 Å². The normalized spacial score (nSPS) is 13.2. The first-order valence-corrected chi connectivity index (χ1v) is 5.81. The van der Waals surface area contributed by atoms with Gasteiger partial charge in [-0.2, -0.15) is 18.3 Å². The first-order chi connectivity index (χ1) is 9.45. The second-order valence-corrected chi connectivity index (χ2v) is 4.41. The predicted molar refractivity (Wildman–Crippen MR) is 66.9 cm³/mol. The van der Waals surface area contributed by atoms with Gasteiger partial charge in [0.2, 0.25) is 5.82 Å². The van der Waals surface area contributed by atoms with E-state index < -0.39 is 11.7 Å². The van der Waals surface area contributed by atoms with E-state index in [-0.39, 0.29) is 22.1 Å². The van der Waals surface area contributed by atoms with Crippen LogP contribution in [0.4, 0.5) is 19.0 Å². The van der Waals surface area contributed by atoms with Crippen molar-refractivity contribution in [2.24, 2.45) is 5.10 Å². The number of aromatic nitrogens is 2. The quantitative estimate of drug-likeness (QED) is 0.810. The molecule has 20 heavy (non-hydrogen) atoms. The molecule has 0 saturated carbocycles. The molecule has 4 nitrogen and oxygen atoms in total. The minimum absolute atomic E-state index is 0.263. The van der Waals surface area contributed by atoms with E-state index in [1.54, 1.807) is 0 Å². The van der Waals surface area contributed by atoms with Gasteiger partial charge in [-0.3, -0.25) is 0 Å². The van der Waals surface area contributed by atoms with Gasteiger partial charge in [0.1, 0.15) is 5.69 Å². The van der Waals surface area contributed by atoms with Crippen LogP contribution in [0, 0.1) is 0 Å². The summed E-state index contributed by atoms with van der Waals surface area (Å²) in [5, 5.41) is 3.27. The molecular weight excluding hydrogens is 293 g/mol. The van der Waals surface area contributed by atoms with E-state index in [0.717, 1.165) is 6.07 Å². The highest BCUT2D eigenvalue weighted by Crippen LogP contribution is 2.37. The summed E-state index contributed by atoms with van der Waals surface area (Å²) in [6.45, 7) is 0. The lowest BCUT2D eigenvalue weighted by molar-refractivity contribution is -0.137. The summed E-state index contributed by atoms with van der Waals surface area (Å²) >= 11 is 5.57. The first-order valence-electron chi connectivity index (χ1n) is 5.43. The van der Waals surface area contributed by atoms with Gasteiger partial charge in [-0.1, -0.05) is 17.7 Å². The number of alkyl halides is 3. The smallest absolute Gasteiger partial charge is 0.249 e. The zero-order valence-electron chi connectivity index (χ0n) is 9.69. The number of nitrogens with zero attached hydrogens (tertiary/aromatic N) is 4. The highest BCUT2D eigenvalue weighted by Gasteiger charge is 2.33. The van der Waals surface area contributed by atoms with Crippen LogP contribution in [0.1, 0.15) is 11.3 Å². The Morgan fingerprint density at radius 1 is 1.15 bits per heavy atom. The molecule has 0 fully saturated rings. The average molecular weight is 298 g/mol. The number of rotatable bonds is 1. The molecule has 1 radical (unpaired) electrons. The third-order valence-electron chi connectivity index (χ3n) is 2.68. The lowest BCUT2D eigenvalue weighted by Gasteiger charge is -2.10. The molecule has 1 aromatic heterocycles. The SMILES string of the molecule is FC(F)(F)c1cc(-c2cnc3c(n2)[N]N=C3)ccc1Cl. The van der Waals surface area contributed by atoms with Crippen molar-refractivity contribution in [2.75, 3.05) is 0 Å². The van der Waals surface area contributed by atoms with Crippen LogP contribution >= 0.6 is 11.6 Å². The molecule has 0 atom stereocenters. The van der Waals surface area contributed by atoms with Crippen LogP contribution in [0.25, 0.3) is 11.3 Å². The van der Waals surface area contributed by atoms with Crippen LogP contribution in [-0.4, -0.2) is 16.2 Å². The minimum Gasteiger partial charge on any atom is -0.249 e. The number of benzene rings is 1. The minimum atomic E-state index is -4.52. The van der Waals surface area contributed by atoms with E-state index in [0.29, 0.717) is 5.69 Å². The highest BCUT2D eigenvalue weighted by atomic mass is 35.5. The summed E-state index contributed by atoms with van der Waals surface area (Å²) in [5.41, 5.74) is 3.84. The summed E-state index contributed by atoms with van der Waals surface area (Å²) < 4.78 is 38.4. The average Bonchev–Trinajstić information content (AvgIpc) is 2.85. The lowest BCUT2D eigenvalue weighted by Crippen LogP contribution is -2.06. The van der Waals surface area contributed by atoms with E-state index in [4.69, 9.17) is 11.6 Å². The molecular formula is C12H5ClF3N4. The number of halogens is 4. The van der Waals surface area contributed by atoms with Gasteiger partial charge in [0.15, 0.2) is 0 Å². The molecule has 0 saturated heterocycles. The summed E-state index contributed by atoms with van der Waals surface area (Å²) in [5.74, 6) is 0.283. The summed E-state index contributed by atoms with van der Waals surface area (Å²) in [6.07, 6.45) is -1.73. The van der Waals surface area contributed by atoms with Crippen molar-refractivity contribution in [3.8, 4) is 11.3 Å². The van der Waals surface area contributed by atoms with Crippen LogP contribution in [0.15, 0.2) is 29.5 Å². The Balaban J connectivity index is 2.07. The Hall–Kier alpha value is -2.15. The van der Waals surface area contributed by atoms with Crippen LogP contribution in [0.2, 0.25) is 5.02 Å². The van der Waals surface area contributed by atoms with Gasteiger partial charge in [-0.05, 0) is 12.1 Å². The standard InChI is InChI=1S/C12H5ClF3N4/c13-8-2-1-6(3-7(8)12(14,15)16)9-4-17-10-5-18-20-11(10)19-9/h1-5H. The van der Waals surface area contributed by atoms with Crippen LogP contribution in [-0.2, 0) is 6.18 Å². The van der Waals surface area contributed by atoms with Crippen molar-refractivity contribution in [1.29, 1.82) is 0 Å². The number of hydrogen-bond donors (Lipinski definition) is 0. The Labute approximate surface area is 116 Å². The van der Waals surface area contributed by atoms with Crippen molar-refractivity contribution in [2.45, 2.75) is 6.18 Å². The van der Waals surface area contributed by atoms with Gasteiger partial charge in [0.05, 0.1) is 28.7 Å². The second kappa shape index (κ2) is 4.45. The van der Waals surface area contributed by atoms with Crippen molar-refractivity contribution >= 4 is 23.6 Å². The molecule has 0 spiro atoms. The van der Waals surface area contributed by atoms with Gasteiger partial charge in [-0.25, -0.2) is 9.97 Å². The summed E-state index contributed by atoms with van der Waals surface area (Å²) in [4.78, 5) is 8.14. The Morgan fingerprint density at radius 3 is 2.70 bits per heavy atom. The van der Waals surface area contributed by atoms with Gasteiger partial charge < -0.3 is 0 Å². The van der Waals surface area contributed by atoms with Crippen LogP contribution in [0.3, 0.4) is 0 Å². The molecule has 0 unspecified atom stereocenters. The maximum atomic E-state index is 12.8. The third-order valence-corrected chi connectivity index (χ3v) is 3.01. The van der Waals surface area contributed by atoms with E-state index in [1.165, 1.54) is 24.5 Å². The molecule has 2 aromatic rings. The molecule has 3 rings (SSSR count). The van der Waals surface area contributed by atoms with Gasteiger partial charge in [0, 0.05) is 5.56 Å². The lowest BCUT2D eigenvalue weighted by atomic mass is 10.1. The molecule has 101 valence electrons. The molecule has 1 aliphatic heterocycles. The molecule has 2 heterocycles. The Morgan fingerprint density at radius 2 is 1.95 bits per heavy atom. The van der Waals surface area contributed by atoms with E-state index >= 15 is 0 Å². The van der Waals surface area contributed by atoms with Crippen LogP contribution < -0.4 is 5.43 Å². The zero-order valence-corrected chi connectivity index (χ0v) is 10.4. The molecule has 0 bridgehead atoms. The molecule has 0 N–H and O–H groups in total. The maximum absolute atomic E-state index is 12.8. The van der Waals surface area contributed by atoms with Gasteiger partial charge in [0.25, 0.3) is 0 Å².